The lowest BCUT2D eigenvalue weighted by Crippen LogP contribution is -2.30. The lowest BCUT2D eigenvalue weighted by atomic mass is 10.1. The second-order valence-electron chi connectivity index (χ2n) is 4.66. The summed E-state index contributed by atoms with van der Waals surface area (Å²) >= 11 is 0. The normalized spacial score (nSPS) is 12.4. The van der Waals surface area contributed by atoms with Gasteiger partial charge in [-0.3, -0.25) is 4.79 Å². The number of carboxylic acid groups (broad SMARTS) is 1. The van der Waals surface area contributed by atoms with Gasteiger partial charge in [-0.05, 0) is 51.3 Å². The second-order valence-corrected chi connectivity index (χ2v) is 4.66. The predicted octanol–water partition coefficient (Wildman–Crippen LogP) is 1.36. The summed E-state index contributed by atoms with van der Waals surface area (Å²) in [5, 5.41) is 12.3. The zero-order valence-corrected chi connectivity index (χ0v) is 11.7. The van der Waals surface area contributed by atoms with Gasteiger partial charge in [-0.25, -0.2) is 0 Å². The molecule has 0 aliphatic heterocycles. The highest BCUT2D eigenvalue weighted by Crippen LogP contribution is 2.17. The molecule has 0 aliphatic carbocycles. The number of nitrogens with one attached hydrogen (secondary N) is 1. The zero-order valence-electron chi connectivity index (χ0n) is 11.7. The van der Waals surface area contributed by atoms with Crippen LogP contribution in [0.5, 0.6) is 5.75 Å². The van der Waals surface area contributed by atoms with E-state index >= 15 is 0 Å². The van der Waals surface area contributed by atoms with Crippen molar-refractivity contribution in [1.29, 1.82) is 0 Å². The lowest BCUT2D eigenvalue weighted by Gasteiger charge is -2.16. The van der Waals surface area contributed by atoms with Crippen LogP contribution in [0.2, 0.25) is 0 Å². The van der Waals surface area contributed by atoms with Crippen LogP contribution in [0, 0.1) is 0 Å². The molecule has 0 saturated carbocycles. The van der Waals surface area contributed by atoms with Gasteiger partial charge in [-0.2, -0.15) is 0 Å². The molecule has 0 radical (unpaired) electrons. The van der Waals surface area contributed by atoms with Gasteiger partial charge in [0.1, 0.15) is 11.8 Å². The Hall–Kier alpha value is -1.59. The van der Waals surface area contributed by atoms with Crippen LogP contribution in [-0.2, 0) is 4.79 Å². The van der Waals surface area contributed by atoms with Gasteiger partial charge in [0.25, 0.3) is 0 Å². The van der Waals surface area contributed by atoms with Crippen molar-refractivity contribution < 1.29 is 14.6 Å². The minimum Gasteiger partial charge on any atom is -0.497 e. The molecule has 5 heteroatoms. The molecule has 0 aromatic heterocycles. The van der Waals surface area contributed by atoms with Crippen molar-refractivity contribution in [2.75, 3.05) is 34.3 Å². The first-order chi connectivity index (χ1) is 9.04. The van der Waals surface area contributed by atoms with Crippen LogP contribution >= 0.6 is 0 Å². The summed E-state index contributed by atoms with van der Waals surface area (Å²) < 4.78 is 5.06. The minimum absolute atomic E-state index is 0.668. The van der Waals surface area contributed by atoms with Crippen LogP contribution in [0.15, 0.2) is 24.3 Å². The van der Waals surface area contributed by atoms with E-state index in [4.69, 9.17) is 4.74 Å². The molecule has 0 heterocycles. The van der Waals surface area contributed by atoms with Gasteiger partial charge in [-0.15, -0.1) is 0 Å². The molecule has 5 nitrogen and oxygen atoms in total. The number of hydrogen-bond donors (Lipinski definition) is 2. The van der Waals surface area contributed by atoms with E-state index in [-0.39, 0.29) is 0 Å². The summed E-state index contributed by atoms with van der Waals surface area (Å²) in [5.41, 5.74) is 0.734. The first-order valence-corrected chi connectivity index (χ1v) is 6.29. The Labute approximate surface area is 114 Å². The van der Waals surface area contributed by atoms with Gasteiger partial charge in [-0.1, -0.05) is 12.1 Å². The summed E-state index contributed by atoms with van der Waals surface area (Å²) in [6.07, 6.45) is 0.910. The third kappa shape index (κ3) is 5.28. The lowest BCUT2D eigenvalue weighted by molar-refractivity contribution is -0.139. The average Bonchev–Trinajstić information content (AvgIpc) is 2.38. The number of nitrogens with zero attached hydrogens (tertiary/aromatic N) is 1. The maximum Gasteiger partial charge on any atom is 0.325 e. The van der Waals surface area contributed by atoms with Crippen LogP contribution in [0.4, 0.5) is 0 Å². The zero-order chi connectivity index (χ0) is 14.3. The SMILES string of the molecule is COc1ccc(C(NCCCN(C)C)C(=O)O)cc1. The largest absolute Gasteiger partial charge is 0.497 e. The standard InChI is InChI=1S/C14H22N2O3/c1-16(2)10-4-9-15-13(14(17)18)11-5-7-12(19-3)8-6-11/h5-8,13,15H,4,9-10H2,1-3H3,(H,17,18). The third-order valence-corrected chi connectivity index (χ3v) is 2.83. The van der Waals surface area contributed by atoms with Crippen molar-refractivity contribution in [2.45, 2.75) is 12.5 Å². The number of methoxy groups -OCH3 is 1. The van der Waals surface area contributed by atoms with Gasteiger partial charge in [0.05, 0.1) is 7.11 Å². The Bertz CT molecular complexity index is 390. The number of rotatable bonds is 8. The maximum atomic E-state index is 11.3. The van der Waals surface area contributed by atoms with Crippen LogP contribution in [0.1, 0.15) is 18.0 Å². The third-order valence-electron chi connectivity index (χ3n) is 2.83. The monoisotopic (exact) mass is 266 g/mol. The summed E-state index contributed by atoms with van der Waals surface area (Å²) in [6.45, 7) is 1.60. The molecule has 0 bridgehead atoms. The van der Waals surface area contributed by atoms with Crippen molar-refractivity contribution in [3.05, 3.63) is 29.8 Å². The van der Waals surface area contributed by atoms with Crippen molar-refractivity contribution >= 4 is 5.97 Å². The maximum absolute atomic E-state index is 11.3. The van der Waals surface area contributed by atoms with Gasteiger partial charge in [0.2, 0.25) is 0 Å². The molecule has 0 aliphatic rings. The smallest absolute Gasteiger partial charge is 0.325 e. The highest BCUT2D eigenvalue weighted by molar-refractivity contribution is 5.75. The Morgan fingerprint density at radius 2 is 2.00 bits per heavy atom. The summed E-state index contributed by atoms with van der Waals surface area (Å²) in [4.78, 5) is 13.4. The molecule has 106 valence electrons. The Kier molecular flexibility index (Phi) is 6.32. The van der Waals surface area contributed by atoms with Crippen LogP contribution in [0.25, 0.3) is 0 Å². The van der Waals surface area contributed by atoms with E-state index in [1.54, 1.807) is 31.4 Å². The molecule has 1 aromatic rings. The second kappa shape index (κ2) is 7.76. The van der Waals surface area contributed by atoms with E-state index in [0.29, 0.717) is 6.54 Å². The molecule has 0 fully saturated rings. The molecule has 2 N–H and O–H groups in total. The number of aliphatic carboxylic acids is 1. The fourth-order valence-electron chi connectivity index (χ4n) is 1.79. The molecular weight excluding hydrogens is 244 g/mol. The summed E-state index contributed by atoms with van der Waals surface area (Å²) in [7, 11) is 5.58. The van der Waals surface area contributed by atoms with Crippen molar-refractivity contribution in [2.24, 2.45) is 0 Å². The van der Waals surface area contributed by atoms with Crippen LogP contribution in [0.3, 0.4) is 0 Å². The van der Waals surface area contributed by atoms with Gasteiger partial charge in [0, 0.05) is 0 Å². The highest BCUT2D eigenvalue weighted by atomic mass is 16.5. The quantitative estimate of drug-likeness (QED) is 0.696. The van der Waals surface area contributed by atoms with E-state index in [1.165, 1.54) is 0 Å². The fraction of sp³-hybridized carbons (Fsp3) is 0.500. The van der Waals surface area contributed by atoms with Crippen LogP contribution < -0.4 is 10.1 Å². The Balaban J connectivity index is 2.58. The van der Waals surface area contributed by atoms with Crippen molar-refractivity contribution in [3.8, 4) is 5.75 Å². The van der Waals surface area contributed by atoms with E-state index < -0.39 is 12.0 Å². The van der Waals surface area contributed by atoms with Crippen molar-refractivity contribution in [3.63, 3.8) is 0 Å². The molecule has 1 atom stereocenters. The van der Waals surface area contributed by atoms with Gasteiger partial charge in [0.15, 0.2) is 0 Å². The molecule has 1 unspecified atom stereocenters. The highest BCUT2D eigenvalue weighted by Gasteiger charge is 2.18. The van der Waals surface area contributed by atoms with Gasteiger partial charge >= 0.3 is 5.97 Å². The molecule has 1 aromatic carbocycles. The topological polar surface area (TPSA) is 61.8 Å². The Morgan fingerprint density at radius 3 is 2.47 bits per heavy atom. The molecule has 1 rings (SSSR count). The van der Waals surface area contributed by atoms with E-state index in [1.807, 2.05) is 14.1 Å². The minimum atomic E-state index is -0.866. The Morgan fingerprint density at radius 1 is 1.37 bits per heavy atom. The van der Waals surface area contributed by atoms with Crippen molar-refractivity contribution in [1.82, 2.24) is 10.2 Å². The molecule has 0 saturated heterocycles. The van der Waals surface area contributed by atoms with E-state index in [9.17, 15) is 9.90 Å². The average molecular weight is 266 g/mol. The van der Waals surface area contributed by atoms with E-state index in [0.717, 1.165) is 24.3 Å². The number of carbonyl (C=O) groups is 1. The first-order valence-electron chi connectivity index (χ1n) is 6.29. The number of carboxylic acids is 1. The number of hydrogen-bond acceptors (Lipinski definition) is 4. The molecule has 19 heavy (non-hydrogen) atoms. The molecule has 0 amide bonds. The number of ether oxygens (including phenoxy) is 1. The predicted molar refractivity (Wildman–Crippen MR) is 74.5 cm³/mol. The summed E-state index contributed by atoms with van der Waals surface area (Å²) in [6, 6.07) is 6.42. The first kappa shape index (κ1) is 15.5. The molecular formula is C14H22N2O3. The van der Waals surface area contributed by atoms with E-state index in [2.05, 4.69) is 10.2 Å². The molecule has 0 spiro atoms. The van der Waals surface area contributed by atoms with Gasteiger partial charge < -0.3 is 20.1 Å². The fourth-order valence-corrected chi connectivity index (χ4v) is 1.79. The number of benzene rings is 1. The van der Waals surface area contributed by atoms with Crippen LogP contribution in [-0.4, -0.2) is 50.3 Å². The summed E-state index contributed by atoms with van der Waals surface area (Å²) in [5.74, 6) is -0.143.